The number of aliphatic hydroxyl groups excluding tert-OH is 1. The zero-order chi connectivity index (χ0) is 59.3. The zero-order valence-corrected chi connectivity index (χ0v) is 48.9. The summed E-state index contributed by atoms with van der Waals surface area (Å²) in [7, 11) is 0. The number of hydrogen-bond donors (Lipinski definition) is 3. The Balaban J connectivity index is 0.00000156. The summed E-state index contributed by atoms with van der Waals surface area (Å²) >= 11 is 0. The van der Waals surface area contributed by atoms with Crippen LogP contribution in [0, 0.1) is 13.1 Å². The number of rotatable bonds is 43. The van der Waals surface area contributed by atoms with Gasteiger partial charge in [0.05, 0.1) is 19.8 Å². The minimum absolute atomic E-state index is 0. The largest absolute Gasteiger partial charge is 0.515 e. The molecule has 0 fully saturated rings. The molecule has 2 amide bonds. The first-order valence-electron chi connectivity index (χ1n) is 29.3. The van der Waals surface area contributed by atoms with Crippen molar-refractivity contribution in [2.24, 2.45) is 0 Å². The van der Waals surface area contributed by atoms with E-state index in [2.05, 4.69) is 43.6 Å². The van der Waals surface area contributed by atoms with Crippen molar-refractivity contribution < 1.29 is 82.0 Å². The normalized spacial score (nSPS) is 11.8. The summed E-state index contributed by atoms with van der Waals surface area (Å²) in [5, 5.41) is 14.7. The van der Waals surface area contributed by atoms with E-state index in [1.54, 1.807) is 48.5 Å². The van der Waals surface area contributed by atoms with Crippen LogP contribution in [0.5, 0.6) is 0 Å². The standard InChI is InChI=1S/2C31H45F3N2O4.Cu/c2*1-3-4-5-6-7-8-9-10-11-12-13-14-15-16-17-18-27(37)36-26-21-19-25(20-22-26)23-24-40-30(39)28(35-2)29(38)31(32,33)34;/h19-22,38H,3-18,23-24H2,1H3,(H,36,37);19-22,28H,3-18,23-24H2,1H3,(H,36,37);. The topological polar surface area (TPSA) is 157 Å². The van der Waals surface area contributed by atoms with Gasteiger partial charge in [-0.15, -0.1) is 0 Å². The maximum absolute atomic E-state index is 12.5. The van der Waals surface area contributed by atoms with Crippen LogP contribution in [0.4, 0.5) is 37.7 Å². The molecule has 0 saturated heterocycles. The number of aliphatic hydroxyl groups is 1. The number of ether oxygens (including phenoxy) is 2. The van der Waals surface area contributed by atoms with Crippen molar-refractivity contribution in [3.63, 3.8) is 0 Å². The van der Waals surface area contributed by atoms with Crippen molar-refractivity contribution in [2.75, 3.05) is 23.8 Å². The zero-order valence-electron chi connectivity index (χ0n) is 47.9. The van der Waals surface area contributed by atoms with Gasteiger partial charge in [-0.1, -0.05) is 218 Å². The Bertz CT molecular complexity index is 2160. The Morgan fingerprint density at radius 1 is 0.494 bits per heavy atom. The van der Waals surface area contributed by atoms with Crippen molar-refractivity contribution in [3.8, 4) is 0 Å². The summed E-state index contributed by atoms with van der Waals surface area (Å²) in [6.45, 7) is 17.3. The number of nitrogens with zero attached hydrogens (tertiary/aromatic N) is 2. The van der Waals surface area contributed by atoms with Gasteiger partial charge in [-0.3, -0.25) is 24.0 Å². The number of hydrogen-bond acceptors (Lipinski definition) is 8. The van der Waals surface area contributed by atoms with Crippen LogP contribution >= 0.6 is 0 Å². The minimum atomic E-state index is -5.28. The number of carbonyl (C=O) groups excluding carboxylic acids is 5. The first-order valence-corrected chi connectivity index (χ1v) is 29.3. The summed E-state index contributed by atoms with van der Waals surface area (Å²) in [5.41, 5.74) is 1.19. The van der Waals surface area contributed by atoms with E-state index in [1.807, 2.05) is 0 Å². The number of alkyl halides is 6. The van der Waals surface area contributed by atoms with Crippen LogP contribution in [0.1, 0.15) is 230 Å². The van der Waals surface area contributed by atoms with Gasteiger partial charge in [0.2, 0.25) is 17.6 Å². The Kier molecular flexibility index (Phi) is 44.0. The van der Waals surface area contributed by atoms with Crippen molar-refractivity contribution in [2.45, 2.75) is 251 Å². The van der Waals surface area contributed by atoms with Gasteiger partial charge in [0, 0.05) is 54.1 Å². The molecule has 12 nitrogen and oxygen atoms in total. The number of unbranched alkanes of at least 4 members (excludes halogenated alkanes) is 28. The van der Waals surface area contributed by atoms with Crippen molar-refractivity contribution >= 4 is 40.9 Å². The van der Waals surface area contributed by atoms with Crippen LogP contribution in [0.2, 0.25) is 0 Å². The number of anilines is 2. The molecule has 3 N–H and O–H groups in total. The summed E-state index contributed by atoms with van der Waals surface area (Å²) in [6, 6.07) is 11.0. The maximum atomic E-state index is 12.5. The molecule has 19 heteroatoms. The average molecular weight is 1200 g/mol. The predicted octanol–water partition coefficient (Wildman–Crippen LogP) is 17.6. The molecule has 0 bridgehead atoms. The number of benzene rings is 2. The third kappa shape index (κ3) is 38.9. The molecule has 2 aromatic rings. The number of ketones is 1. The molecule has 0 aliphatic carbocycles. The monoisotopic (exact) mass is 1200 g/mol. The number of Topliss-reactive ketones (excluding diaryl/α,β-unsaturated/α-hetero) is 1. The average Bonchev–Trinajstić information content (AvgIpc) is 3.41. The van der Waals surface area contributed by atoms with Crippen LogP contribution in [0.15, 0.2) is 60.0 Å². The molecule has 1 unspecified atom stereocenters. The van der Waals surface area contributed by atoms with E-state index >= 15 is 0 Å². The first-order chi connectivity index (χ1) is 38.4. The SMILES string of the molecule is [C-]#[N+]C(C(=O)OCCc1ccc(NC(=O)CCCCCCCCCCCCCCCCC)cc1)=C(O)C(F)(F)F.[C-]#[N+]C(C(=O)OCCc1ccc(NC(=O)CCCCCCCCCCCCCCCCC)cc1)C(=O)C(F)(F)F.[Cu]. The molecule has 0 aliphatic rings. The number of nitrogens with one attached hydrogen (secondary N) is 2. The van der Waals surface area contributed by atoms with Crippen LogP contribution in [0.25, 0.3) is 9.69 Å². The molecule has 459 valence electrons. The number of carbonyl (C=O) groups is 5. The first kappa shape index (κ1) is 75.6. The number of amides is 2. The van der Waals surface area contributed by atoms with Gasteiger partial charge in [-0.25, -0.2) is 16.2 Å². The van der Waals surface area contributed by atoms with Crippen LogP contribution in [0.3, 0.4) is 0 Å². The molecule has 0 saturated carbocycles. The quantitative estimate of drug-likeness (QED) is 0.00866. The second-order valence-corrected chi connectivity index (χ2v) is 20.4. The van der Waals surface area contributed by atoms with E-state index in [4.69, 9.17) is 18.3 Å². The third-order valence-electron chi connectivity index (χ3n) is 13.4. The summed E-state index contributed by atoms with van der Waals surface area (Å²) in [4.78, 5) is 63.7. The van der Waals surface area contributed by atoms with E-state index in [0.717, 1.165) is 49.7 Å². The molecule has 2 aromatic carbocycles. The predicted molar refractivity (Wildman–Crippen MR) is 302 cm³/mol. The van der Waals surface area contributed by atoms with E-state index in [-0.39, 0.29) is 54.9 Å². The Morgan fingerprint density at radius 3 is 1.09 bits per heavy atom. The molecule has 0 spiro atoms. The fraction of sp³-hybridized carbons (Fsp3) is 0.661. The molecule has 1 radical (unpaired) electrons. The summed E-state index contributed by atoms with van der Waals surface area (Å²) < 4.78 is 84.2. The molecular weight excluding hydrogens is 1110 g/mol. The van der Waals surface area contributed by atoms with E-state index in [1.165, 1.54) is 154 Å². The molecule has 81 heavy (non-hydrogen) atoms. The fourth-order valence-electron chi connectivity index (χ4n) is 8.65. The van der Waals surface area contributed by atoms with Crippen LogP contribution in [-0.4, -0.2) is 66.3 Å². The molecular formula is C62H90CuF6N4O8. The van der Waals surface area contributed by atoms with Gasteiger partial charge in [0.1, 0.15) is 0 Å². The smallest absolute Gasteiger partial charge is 0.458 e. The van der Waals surface area contributed by atoms with Gasteiger partial charge in [0.15, 0.2) is 0 Å². The van der Waals surface area contributed by atoms with Crippen molar-refractivity contribution in [1.29, 1.82) is 0 Å². The molecule has 0 aromatic heterocycles. The molecule has 1 atom stereocenters. The van der Waals surface area contributed by atoms with Gasteiger partial charge in [0.25, 0.3) is 0 Å². The molecule has 2 rings (SSSR count). The number of allylic oxidation sites excluding steroid dienone is 1. The Morgan fingerprint density at radius 2 is 0.802 bits per heavy atom. The second kappa shape index (κ2) is 47.1. The fourth-order valence-corrected chi connectivity index (χ4v) is 8.65. The molecule has 0 heterocycles. The van der Waals surface area contributed by atoms with Gasteiger partial charge >= 0.3 is 41.8 Å². The third-order valence-corrected chi connectivity index (χ3v) is 13.4. The van der Waals surface area contributed by atoms with Gasteiger partial charge < -0.3 is 25.2 Å². The Hall–Kier alpha value is -5.39. The minimum Gasteiger partial charge on any atom is -0.515 e. The van der Waals surface area contributed by atoms with E-state index < -0.39 is 47.6 Å². The number of halogens is 6. The van der Waals surface area contributed by atoms with Gasteiger partial charge in [-0.2, -0.15) is 26.3 Å². The summed E-state index contributed by atoms with van der Waals surface area (Å²) in [5.74, 6) is -7.86. The maximum Gasteiger partial charge on any atom is 0.458 e. The van der Waals surface area contributed by atoms with Gasteiger partial charge in [-0.05, 0) is 48.2 Å². The van der Waals surface area contributed by atoms with Crippen molar-refractivity contribution in [3.05, 3.63) is 93.9 Å². The number of esters is 2. The van der Waals surface area contributed by atoms with Crippen molar-refractivity contribution in [1.82, 2.24) is 0 Å². The Labute approximate surface area is 489 Å². The van der Waals surface area contributed by atoms with Crippen LogP contribution < -0.4 is 10.6 Å². The van der Waals surface area contributed by atoms with E-state index in [9.17, 15) is 50.3 Å². The van der Waals surface area contributed by atoms with E-state index in [0.29, 0.717) is 24.2 Å². The summed E-state index contributed by atoms with van der Waals surface area (Å²) in [6.07, 6.45) is 28.9. The molecule has 0 aliphatic heterocycles. The van der Waals surface area contributed by atoms with Crippen LogP contribution in [-0.2, 0) is 63.4 Å². The second-order valence-electron chi connectivity index (χ2n) is 20.4.